The highest BCUT2D eigenvalue weighted by Crippen LogP contribution is 2.14. The molecular weight excluding hydrogens is 262 g/mol. The number of anilines is 1. The fourth-order valence-electron chi connectivity index (χ4n) is 1.29. The van der Waals surface area contributed by atoms with Gasteiger partial charge >= 0.3 is 0 Å². The Bertz CT molecular complexity index is 402. The first-order valence-corrected chi connectivity index (χ1v) is 5.54. The van der Waals surface area contributed by atoms with Crippen LogP contribution in [0, 0.1) is 11.6 Å². The van der Waals surface area contributed by atoms with E-state index < -0.39 is 17.7 Å². The van der Waals surface area contributed by atoms with E-state index in [4.69, 9.17) is 0 Å². The standard InChI is InChI=1S/C12H16F2N2O.ClH/c1-3-6-15-8(2)12(17)16-11-5-4-9(13)7-10(11)14;/h4-5,7-8,15H,3,6H2,1-2H3,(H,16,17);1H. The highest BCUT2D eigenvalue weighted by atomic mass is 35.5. The Kier molecular flexibility index (Phi) is 7.47. The number of nitrogens with one attached hydrogen (secondary N) is 2. The number of carbonyl (C=O) groups excluding carboxylic acids is 1. The number of hydrogen-bond acceptors (Lipinski definition) is 2. The van der Waals surface area contributed by atoms with Gasteiger partial charge in [0.25, 0.3) is 0 Å². The summed E-state index contributed by atoms with van der Waals surface area (Å²) in [6.45, 7) is 4.38. The first-order chi connectivity index (χ1) is 8.04. The predicted molar refractivity (Wildman–Crippen MR) is 70.0 cm³/mol. The van der Waals surface area contributed by atoms with E-state index in [1.54, 1.807) is 6.92 Å². The van der Waals surface area contributed by atoms with Crippen LogP contribution in [0.5, 0.6) is 0 Å². The zero-order chi connectivity index (χ0) is 12.8. The molecule has 18 heavy (non-hydrogen) atoms. The molecule has 0 spiro atoms. The zero-order valence-electron chi connectivity index (χ0n) is 10.3. The van der Waals surface area contributed by atoms with Gasteiger partial charge in [0.15, 0.2) is 0 Å². The van der Waals surface area contributed by atoms with Crippen molar-refractivity contribution < 1.29 is 13.6 Å². The number of hydrogen-bond donors (Lipinski definition) is 2. The molecule has 0 aromatic heterocycles. The molecule has 102 valence electrons. The maximum atomic E-state index is 13.3. The van der Waals surface area contributed by atoms with Crippen molar-refractivity contribution in [3.8, 4) is 0 Å². The minimum Gasteiger partial charge on any atom is -0.322 e. The van der Waals surface area contributed by atoms with E-state index in [1.807, 2.05) is 6.92 Å². The van der Waals surface area contributed by atoms with E-state index in [2.05, 4.69) is 10.6 Å². The second kappa shape index (κ2) is 8.00. The molecule has 2 N–H and O–H groups in total. The molecule has 1 aromatic carbocycles. The van der Waals surface area contributed by atoms with Gasteiger partial charge in [-0.25, -0.2) is 8.78 Å². The minimum atomic E-state index is -0.777. The number of halogens is 3. The molecule has 1 atom stereocenters. The van der Waals surface area contributed by atoms with Crippen molar-refractivity contribution in [2.24, 2.45) is 0 Å². The van der Waals surface area contributed by atoms with Gasteiger partial charge in [-0.15, -0.1) is 12.4 Å². The molecule has 0 fully saturated rings. The van der Waals surface area contributed by atoms with Crippen molar-refractivity contribution in [1.29, 1.82) is 0 Å². The van der Waals surface area contributed by atoms with Crippen molar-refractivity contribution in [2.75, 3.05) is 11.9 Å². The van der Waals surface area contributed by atoms with E-state index in [1.165, 1.54) is 6.07 Å². The lowest BCUT2D eigenvalue weighted by Crippen LogP contribution is -2.38. The number of amides is 1. The van der Waals surface area contributed by atoms with Crippen LogP contribution >= 0.6 is 12.4 Å². The Balaban J connectivity index is 0.00000289. The van der Waals surface area contributed by atoms with E-state index in [9.17, 15) is 13.6 Å². The fourth-order valence-corrected chi connectivity index (χ4v) is 1.29. The van der Waals surface area contributed by atoms with Crippen LogP contribution in [-0.4, -0.2) is 18.5 Å². The smallest absolute Gasteiger partial charge is 0.241 e. The van der Waals surface area contributed by atoms with Gasteiger partial charge in [0.2, 0.25) is 5.91 Å². The van der Waals surface area contributed by atoms with Crippen LogP contribution in [-0.2, 0) is 4.79 Å². The van der Waals surface area contributed by atoms with Gasteiger partial charge in [0, 0.05) is 6.07 Å². The number of benzene rings is 1. The van der Waals surface area contributed by atoms with Crippen LogP contribution in [0.2, 0.25) is 0 Å². The summed E-state index contributed by atoms with van der Waals surface area (Å²) in [4.78, 5) is 11.6. The summed E-state index contributed by atoms with van der Waals surface area (Å²) in [5.74, 6) is -1.79. The molecule has 1 unspecified atom stereocenters. The lowest BCUT2D eigenvalue weighted by molar-refractivity contribution is -0.117. The summed E-state index contributed by atoms with van der Waals surface area (Å²) in [6.07, 6.45) is 0.905. The summed E-state index contributed by atoms with van der Waals surface area (Å²) in [7, 11) is 0. The Hall–Kier alpha value is -1.20. The Morgan fingerprint density at radius 3 is 2.61 bits per heavy atom. The van der Waals surface area contributed by atoms with Crippen LogP contribution in [0.4, 0.5) is 14.5 Å². The van der Waals surface area contributed by atoms with Crippen molar-refractivity contribution in [3.63, 3.8) is 0 Å². The molecule has 1 aromatic rings. The lowest BCUT2D eigenvalue weighted by atomic mass is 10.2. The van der Waals surface area contributed by atoms with E-state index in [-0.39, 0.29) is 24.0 Å². The molecule has 0 bridgehead atoms. The Morgan fingerprint density at radius 2 is 2.06 bits per heavy atom. The number of rotatable bonds is 5. The molecule has 1 amide bonds. The van der Waals surface area contributed by atoms with Crippen molar-refractivity contribution in [1.82, 2.24) is 5.32 Å². The summed E-state index contributed by atoms with van der Waals surface area (Å²) in [5.41, 5.74) is -0.0125. The van der Waals surface area contributed by atoms with Crippen LogP contribution in [0.15, 0.2) is 18.2 Å². The topological polar surface area (TPSA) is 41.1 Å². The second-order valence-electron chi connectivity index (χ2n) is 3.79. The molecule has 0 radical (unpaired) electrons. The van der Waals surface area contributed by atoms with Gasteiger partial charge in [-0.05, 0) is 32.0 Å². The highest BCUT2D eigenvalue weighted by Gasteiger charge is 2.13. The normalized spacial score (nSPS) is 11.6. The monoisotopic (exact) mass is 278 g/mol. The van der Waals surface area contributed by atoms with Gasteiger partial charge in [-0.2, -0.15) is 0 Å². The highest BCUT2D eigenvalue weighted by molar-refractivity contribution is 5.94. The third kappa shape index (κ3) is 4.98. The molecule has 3 nitrogen and oxygen atoms in total. The molecule has 0 heterocycles. The Morgan fingerprint density at radius 1 is 1.39 bits per heavy atom. The lowest BCUT2D eigenvalue weighted by Gasteiger charge is -2.13. The van der Waals surface area contributed by atoms with Crippen molar-refractivity contribution in [3.05, 3.63) is 29.8 Å². The average Bonchev–Trinajstić information content (AvgIpc) is 2.29. The maximum absolute atomic E-state index is 13.3. The summed E-state index contributed by atoms with van der Waals surface area (Å²) in [6, 6.07) is 2.62. The third-order valence-electron chi connectivity index (χ3n) is 2.28. The first-order valence-electron chi connectivity index (χ1n) is 5.54. The fraction of sp³-hybridized carbons (Fsp3) is 0.417. The van der Waals surface area contributed by atoms with Crippen molar-refractivity contribution in [2.45, 2.75) is 26.3 Å². The van der Waals surface area contributed by atoms with Crippen LogP contribution < -0.4 is 10.6 Å². The molecular formula is C12H17ClF2N2O. The van der Waals surface area contributed by atoms with Gasteiger partial charge in [0.1, 0.15) is 11.6 Å². The van der Waals surface area contributed by atoms with Gasteiger partial charge in [0.05, 0.1) is 11.7 Å². The van der Waals surface area contributed by atoms with Crippen LogP contribution in [0.1, 0.15) is 20.3 Å². The minimum absolute atomic E-state index is 0. The van der Waals surface area contributed by atoms with E-state index in [0.717, 1.165) is 18.6 Å². The second-order valence-corrected chi connectivity index (χ2v) is 3.79. The largest absolute Gasteiger partial charge is 0.322 e. The molecule has 0 aliphatic heterocycles. The quantitative estimate of drug-likeness (QED) is 0.869. The van der Waals surface area contributed by atoms with Crippen LogP contribution in [0.3, 0.4) is 0 Å². The van der Waals surface area contributed by atoms with Gasteiger partial charge in [-0.3, -0.25) is 4.79 Å². The molecule has 0 aliphatic rings. The Labute approximate surface area is 111 Å². The van der Waals surface area contributed by atoms with Gasteiger partial charge < -0.3 is 10.6 Å². The maximum Gasteiger partial charge on any atom is 0.241 e. The number of carbonyl (C=O) groups is 1. The molecule has 0 saturated heterocycles. The van der Waals surface area contributed by atoms with Crippen molar-refractivity contribution >= 4 is 24.0 Å². The SMILES string of the molecule is CCCNC(C)C(=O)Nc1ccc(F)cc1F.Cl. The van der Waals surface area contributed by atoms with E-state index in [0.29, 0.717) is 6.54 Å². The van der Waals surface area contributed by atoms with E-state index >= 15 is 0 Å². The van der Waals surface area contributed by atoms with Gasteiger partial charge in [-0.1, -0.05) is 6.92 Å². The molecule has 1 rings (SSSR count). The predicted octanol–water partition coefficient (Wildman–Crippen LogP) is 2.71. The summed E-state index contributed by atoms with van der Waals surface area (Å²) < 4.78 is 25.9. The van der Waals surface area contributed by atoms with Crippen LogP contribution in [0.25, 0.3) is 0 Å². The average molecular weight is 279 g/mol. The summed E-state index contributed by atoms with van der Waals surface area (Å²) >= 11 is 0. The third-order valence-corrected chi connectivity index (χ3v) is 2.28. The molecule has 0 saturated carbocycles. The zero-order valence-corrected chi connectivity index (χ0v) is 11.1. The molecule has 6 heteroatoms. The summed E-state index contributed by atoms with van der Waals surface area (Å²) in [5, 5.41) is 5.38. The first kappa shape index (κ1) is 16.8. The molecule has 0 aliphatic carbocycles.